The molecule has 4 rings (SSSR count). The van der Waals surface area contributed by atoms with E-state index in [0.29, 0.717) is 11.7 Å². The lowest BCUT2D eigenvalue weighted by atomic mass is 9.98. The number of alkyl halides is 3. The van der Waals surface area contributed by atoms with Gasteiger partial charge in [-0.05, 0) is 42.7 Å². The van der Waals surface area contributed by atoms with Crippen LogP contribution in [0.4, 0.5) is 13.2 Å². The predicted octanol–water partition coefficient (Wildman–Crippen LogP) is 4.02. The van der Waals surface area contributed by atoms with Gasteiger partial charge in [-0.1, -0.05) is 13.0 Å². The van der Waals surface area contributed by atoms with Gasteiger partial charge in [-0.2, -0.15) is 13.2 Å². The van der Waals surface area contributed by atoms with E-state index in [-0.39, 0.29) is 40.1 Å². The van der Waals surface area contributed by atoms with Gasteiger partial charge in [0.15, 0.2) is 17.1 Å². The first-order chi connectivity index (χ1) is 16.1. The van der Waals surface area contributed by atoms with E-state index in [0.717, 1.165) is 30.8 Å². The number of methoxy groups -OCH3 is 2. The van der Waals surface area contributed by atoms with Crippen molar-refractivity contribution < 1.29 is 37.1 Å². The molecule has 1 aromatic heterocycles. The molecule has 2 heterocycles. The Morgan fingerprint density at radius 3 is 2.53 bits per heavy atom. The van der Waals surface area contributed by atoms with Crippen LogP contribution in [-0.2, 0) is 12.7 Å². The van der Waals surface area contributed by atoms with Gasteiger partial charge in [0.2, 0.25) is 11.2 Å². The largest absolute Gasteiger partial charge is 0.507 e. The number of quaternary nitrogens is 1. The third-order valence-corrected chi connectivity index (χ3v) is 6.36. The second-order valence-corrected chi connectivity index (χ2v) is 8.77. The number of hydrogen-bond donors (Lipinski definition) is 2. The second kappa shape index (κ2) is 9.21. The minimum absolute atomic E-state index is 0.00858. The minimum Gasteiger partial charge on any atom is -0.507 e. The Bertz CT molecular complexity index is 1270. The highest BCUT2D eigenvalue weighted by molar-refractivity contribution is 5.87. The number of hydrogen-bond acceptors (Lipinski definition) is 5. The molecule has 6 nitrogen and oxygen atoms in total. The summed E-state index contributed by atoms with van der Waals surface area (Å²) < 4.78 is 58.3. The number of ether oxygens (including phenoxy) is 2. The normalized spacial score (nSPS) is 18.8. The first kappa shape index (κ1) is 23.9. The fraction of sp³-hybridized carbons (Fsp3) is 0.400. The number of phenols is 1. The molecule has 0 saturated carbocycles. The summed E-state index contributed by atoms with van der Waals surface area (Å²) in [7, 11) is 2.76. The zero-order valence-electron chi connectivity index (χ0n) is 19.2. The van der Waals surface area contributed by atoms with Crippen LogP contribution in [0.3, 0.4) is 0 Å². The highest BCUT2D eigenvalue weighted by Gasteiger charge is 2.40. The van der Waals surface area contributed by atoms with Crippen LogP contribution in [0.1, 0.15) is 31.1 Å². The molecular weight excluding hydrogens is 451 g/mol. The van der Waals surface area contributed by atoms with E-state index in [4.69, 9.17) is 13.9 Å². The summed E-state index contributed by atoms with van der Waals surface area (Å²) in [5.41, 5.74) is -1.47. The Kier molecular flexibility index (Phi) is 6.49. The molecule has 0 bridgehead atoms. The summed E-state index contributed by atoms with van der Waals surface area (Å²) in [5.74, 6) is -0.632. The van der Waals surface area contributed by atoms with Crippen LogP contribution in [0.5, 0.6) is 17.2 Å². The average Bonchev–Trinajstić information content (AvgIpc) is 2.79. The predicted molar refractivity (Wildman–Crippen MR) is 120 cm³/mol. The van der Waals surface area contributed by atoms with Crippen molar-refractivity contribution >= 4 is 11.0 Å². The van der Waals surface area contributed by atoms with Gasteiger partial charge in [-0.15, -0.1) is 0 Å². The maximum absolute atomic E-state index is 14.2. The zero-order chi connectivity index (χ0) is 24.6. The van der Waals surface area contributed by atoms with Gasteiger partial charge in [0.05, 0.1) is 43.8 Å². The quantitative estimate of drug-likeness (QED) is 0.580. The number of piperidine rings is 1. The van der Waals surface area contributed by atoms with E-state index in [1.54, 1.807) is 0 Å². The molecule has 1 fully saturated rings. The SMILES string of the molecule is COc1ccc(-c2c(C(F)(F)F)oc3c(C[NH+]4CCC[C@@H](C)C4)c(O)ccc3c2=O)cc1OC. The summed E-state index contributed by atoms with van der Waals surface area (Å²) in [5, 5.41) is 10.5. The molecule has 0 aliphatic carbocycles. The number of likely N-dealkylation sites (tertiary alicyclic amines) is 1. The van der Waals surface area contributed by atoms with E-state index in [2.05, 4.69) is 6.92 Å². The molecule has 0 radical (unpaired) electrons. The maximum atomic E-state index is 14.2. The van der Waals surface area contributed by atoms with Crippen molar-refractivity contribution in [2.45, 2.75) is 32.5 Å². The lowest BCUT2D eigenvalue weighted by molar-refractivity contribution is -0.922. The van der Waals surface area contributed by atoms with Crippen molar-refractivity contribution in [2.75, 3.05) is 27.3 Å². The van der Waals surface area contributed by atoms with Crippen molar-refractivity contribution in [3.8, 4) is 28.4 Å². The Morgan fingerprint density at radius 2 is 1.88 bits per heavy atom. The van der Waals surface area contributed by atoms with Crippen LogP contribution >= 0.6 is 0 Å². The molecule has 1 aliphatic rings. The van der Waals surface area contributed by atoms with Gasteiger partial charge >= 0.3 is 6.18 Å². The Labute approximate surface area is 194 Å². The van der Waals surface area contributed by atoms with Crippen molar-refractivity contribution in [3.63, 3.8) is 0 Å². The number of rotatable bonds is 5. The molecule has 182 valence electrons. The van der Waals surface area contributed by atoms with Gasteiger partial charge in [0, 0.05) is 5.92 Å². The lowest BCUT2D eigenvalue weighted by Gasteiger charge is -2.28. The second-order valence-electron chi connectivity index (χ2n) is 8.77. The first-order valence-corrected chi connectivity index (χ1v) is 11.1. The molecule has 0 amide bonds. The summed E-state index contributed by atoms with van der Waals surface area (Å²) in [6, 6.07) is 6.74. The summed E-state index contributed by atoms with van der Waals surface area (Å²) >= 11 is 0. The van der Waals surface area contributed by atoms with Crippen molar-refractivity contribution in [2.24, 2.45) is 5.92 Å². The molecule has 0 spiro atoms. The van der Waals surface area contributed by atoms with E-state index in [9.17, 15) is 23.1 Å². The van der Waals surface area contributed by atoms with Gasteiger partial charge in [-0.25, -0.2) is 0 Å². The van der Waals surface area contributed by atoms with Crippen LogP contribution in [0.25, 0.3) is 22.1 Å². The van der Waals surface area contributed by atoms with E-state index in [1.165, 1.54) is 44.6 Å². The highest BCUT2D eigenvalue weighted by atomic mass is 19.4. The molecule has 2 atom stereocenters. The number of phenolic OH excluding ortho intramolecular Hbond substituents is 1. The van der Waals surface area contributed by atoms with Crippen LogP contribution < -0.4 is 19.8 Å². The molecule has 3 aromatic rings. The number of halogens is 3. The maximum Gasteiger partial charge on any atom is 0.450 e. The third-order valence-electron chi connectivity index (χ3n) is 6.36. The number of aromatic hydroxyl groups is 1. The Balaban J connectivity index is 1.94. The molecule has 34 heavy (non-hydrogen) atoms. The van der Waals surface area contributed by atoms with Crippen LogP contribution in [-0.4, -0.2) is 32.4 Å². The lowest BCUT2D eigenvalue weighted by Crippen LogP contribution is -3.12. The summed E-state index contributed by atoms with van der Waals surface area (Å²) in [4.78, 5) is 14.6. The van der Waals surface area contributed by atoms with Gasteiger partial charge < -0.3 is 23.9 Å². The molecule has 2 N–H and O–H groups in total. The zero-order valence-corrected chi connectivity index (χ0v) is 19.2. The third kappa shape index (κ3) is 4.44. The standard InChI is InChI=1S/C25H26F3NO5/c1-14-5-4-10-29(12-14)13-17-18(30)8-7-16-22(31)21(24(25(26,27)28)34-23(16)17)15-6-9-19(32-2)20(11-15)33-3/h6-9,11,14,30H,4-5,10,12-13H2,1-3H3/p+1/t14-/m1/s1. The van der Waals surface area contributed by atoms with Crippen LogP contribution in [0.2, 0.25) is 0 Å². The highest BCUT2D eigenvalue weighted by Crippen LogP contribution is 2.41. The fourth-order valence-electron chi connectivity index (χ4n) is 4.74. The summed E-state index contributed by atoms with van der Waals surface area (Å²) in [6.45, 7) is 4.05. The van der Waals surface area contributed by atoms with Gasteiger partial charge in [0.25, 0.3) is 0 Å². The smallest absolute Gasteiger partial charge is 0.450 e. The number of benzene rings is 2. The average molecular weight is 478 g/mol. The van der Waals surface area contributed by atoms with E-state index < -0.39 is 22.9 Å². The monoisotopic (exact) mass is 478 g/mol. The van der Waals surface area contributed by atoms with Gasteiger partial charge in [0.1, 0.15) is 12.3 Å². The molecule has 1 unspecified atom stereocenters. The number of nitrogens with one attached hydrogen (secondary N) is 1. The molecule has 1 aliphatic heterocycles. The van der Waals surface area contributed by atoms with Crippen LogP contribution in [0, 0.1) is 5.92 Å². The van der Waals surface area contributed by atoms with Crippen LogP contribution in [0.15, 0.2) is 39.5 Å². The molecule has 2 aromatic carbocycles. The van der Waals surface area contributed by atoms with E-state index in [1.807, 2.05) is 0 Å². The minimum atomic E-state index is -4.94. The Hall–Kier alpha value is -3.20. The van der Waals surface area contributed by atoms with Crippen molar-refractivity contribution in [1.29, 1.82) is 0 Å². The fourth-order valence-corrected chi connectivity index (χ4v) is 4.74. The molecule has 1 saturated heterocycles. The molecule has 9 heteroatoms. The summed E-state index contributed by atoms with van der Waals surface area (Å²) in [6.07, 6.45) is -2.86. The van der Waals surface area contributed by atoms with Crippen molar-refractivity contribution in [1.82, 2.24) is 0 Å². The number of fused-ring (bicyclic) bond motifs is 1. The molecular formula is C25H27F3NO5+. The van der Waals surface area contributed by atoms with E-state index >= 15 is 0 Å². The van der Waals surface area contributed by atoms with Gasteiger partial charge in [-0.3, -0.25) is 4.79 Å². The van der Waals surface area contributed by atoms with Crippen molar-refractivity contribution in [3.05, 3.63) is 51.9 Å². The topological polar surface area (TPSA) is 73.3 Å². The Morgan fingerprint density at radius 1 is 1.15 bits per heavy atom. The first-order valence-electron chi connectivity index (χ1n) is 11.1.